The average Bonchev–Trinajstić information content (AvgIpc) is 3.43. The van der Waals surface area contributed by atoms with Crippen LogP contribution in [0.1, 0.15) is 45.9 Å². The molecule has 4 rings (SSSR count). The molecule has 0 radical (unpaired) electrons. The number of carboxylic acids is 1. The van der Waals surface area contributed by atoms with Crippen molar-refractivity contribution in [1.82, 2.24) is 15.6 Å². The largest absolute Gasteiger partial charge is 0.476 e. The number of carbonyl (C=O) groups is 3. The number of nitrogens with zero attached hydrogens (tertiary/aromatic N) is 1. The van der Waals surface area contributed by atoms with E-state index in [-0.39, 0.29) is 24.8 Å². The second-order valence-corrected chi connectivity index (χ2v) is 8.52. The smallest absolute Gasteiger partial charge is 0.407 e. The first-order valence-corrected chi connectivity index (χ1v) is 11.4. The van der Waals surface area contributed by atoms with Crippen molar-refractivity contribution in [3.63, 3.8) is 0 Å². The molecule has 0 unspecified atom stereocenters. The lowest BCUT2D eigenvalue weighted by Crippen LogP contribution is -2.46. The van der Waals surface area contributed by atoms with Crippen molar-refractivity contribution >= 4 is 29.3 Å². The van der Waals surface area contributed by atoms with Crippen LogP contribution in [-0.2, 0) is 16.1 Å². The number of nitrogens with one attached hydrogen (secondary N) is 2. The second kappa shape index (κ2) is 9.83. The van der Waals surface area contributed by atoms with Gasteiger partial charge in [-0.25, -0.2) is 14.6 Å². The van der Waals surface area contributed by atoms with Gasteiger partial charge in [0.25, 0.3) is 0 Å². The molecule has 170 valence electrons. The number of carbonyl (C=O) groups excluding carboxylic acids is 2. The van der Waals surface area contributed by atoms with E-state index in [4.69, 9.17) is 9.84 Å². The van der Waals surface area contributed by atoms with Crippen LogP contribution >= 0.6 is 11.3 Å². The molecule has 0 bridgehead atoms. The van der Waals surface area contributed by atoms with Crippen molar-refractivity contribution in [3.05, 3.63) is 75.7 Å². The van der Waals surface area contributed by atoms with E-state index in [1.807, 2.05) is 36.4 Å². The van der Waals surface area contributed by atoms with E-state index in [9.17, 15) is 14.4 Å². The fourth-order valence-corrected chi connectivity index (χ4v) is 4.62. The lowest BCUT2D eigenvalue weighted by Gasteiger charge is -2.18. The molecule has 1 aromatic heterocycles. The van der Waals surface area contributed by atoms with Gasteiger partial charge in [-0.1, -0.05) is 55.5 Å². The number of benzene rings is 2. The van der Waals surface area contributed by atoms with Gasteiger partial charge in [0.15, 0.2) is 5.69 Å². The Morgan fingerprint density at radius 1 is 1.09 bits per heavy atom. The molecular formula is C24H23N3O5S. The number of hydrogen-bond donors (Lipinski definition) is 3. The van der Waals surface area contributed by atoms with Gasteiger partial charge in [0.05, 0.1) is 6.54 Å². The molecule has 9 heteroatoms. The van der Waals surface area contributed by atoms with Gasteiger partial charge in [-0.05, 0) is 28.7 Å². The maximum atomic E-state index is 12.5. The van der Waals surface area contributed by atoms with Gasteiger partial charge in [-0.3, -0.25) is 4.79 Å². The van der Waals surface area contributed by atoms with Crippen molar-refractivity contribution in [2.45, 2.75) is 31.8 Å². The predicted molar refractivity (Wildman–Crippen MR) is 123 cm³/mol. The first kappa shape index (κ1) is 22.5. The van der Waals surface area contributed by atoms with Gasteiger partial charge < -0.3 is 20.5 Å². The summed E-state index contributed by atoms with van der Waals surface area (Å²) in [6, 6.07) is 15.3. The summed E-state index contributed by atoms with van der Waals surface area (Å²) in [5.41, 5.74) is 4.44. The Bertz CT molecular complexity index is 1150. The monoisotopic (exact) mass is 465 g/mol. The molecule has 3 aromatic rings. The summed E-state index contributed by atoms with van der Waals surface area (Å²) in [4.78, 5) is 39.8. The zero-order valence-electron chi connectivity index (χ0n) is 17.9. The molecule has 0 saturated carbocycles. The number of amides is 2. The summed E-state index contributed by atoms with van der Waals surface area (Å²) < 4.78 is 5.51. The normalized spacial score (nSPS) is 13.0. The zero-order valence-corrected chi connectivity index (χ0v) is 18.7. The SMILES string of the molecule is CC[C@@H](NC(=O)OCC1c2ccccc2-c2ccccc21)C(=O)NCc1nc(C(=O)O)cs1. The predicted octanol–water partition coefficient (Wildman–Crippen LogP) is 3.77. The summed E-state index contributed by atoms with van der Waals surface area (Å²) in [6.07, 6.45) is -0.296. The highest BCUT2D eigenvalue weighted by atomic mass is 32.1. The molecule has 2 aromatic carbocycles. The Labute approximate surface area is 194 Å². The summed E-state index contributed by atoms with van der Waals surface area (Å²) in [7, 11) is 0. The number of aromatic nitrogens is 1. The highest BCUT2D eigenvalue weighted by Gasteiger charge is 2.29. The van der Waals surface area contributed by atoms with Gasteiger partial charge in [0.2, 0.25) is 5.91 Å². The average molecular weight is 466 g/mol. The molecule has 2 amide bonds. The molecule has 3 N–H and O–H groups in total. The number of alkyl carbamates (subject to hydrolysis) is 1. The van der Waals surface area contributed by atoms with Crippen molar-refractivity contribution in [1.29, 1.82) is 0 Å². The van der Waals surface area contributed by atoms with E-state index in [1.165, 1.54) is 5.38 Å². The lowest BCUT2D eigenvalue weighted by molar-refractivity contribution is -0.123. The minimum absolute atomic E-state index is 0.0620. The maximum absolute atomic E-state index is 12.5. The summed E-state index contributed by atoms with van der Waals surface area (Å²) >= 11 is 1.15. The molecule has 1 heterocycles. The zero-order chi connectivity index (χ0) is 23.4. The quantitative estimate of drug-likeness (QED) is 0.466. The fraction of sp³-hybridized carbons (Fsp3) is 0.250. The third kappa shape index (κ3) is 4.88. The Balaban J connectivity index is 1.33. The van der Waals surface area contributed by atoms with Crippen molar-refractivity contribution in [3.8, 4) is 11.1 Å². The van der Waals surface area contributed by atoms with E-state index in [0.717, 1.165) is 33.6 Å². The number of ether oxygens (including phenoxy) is 1. The summed E-state index contributed by atoms with van der Waals surface area (Å²) in [5, 5.41) is 16.1. The van der Waals surface area contributed by atoms with Gasteiger partial charge in [0, 0.05) is 11.3 Å². The first-order valence-electron chi connectivity index (χ1n) is 10.5. The number of carboxylic acid groups (broad SMARTS) is 1. The van der Waals surface area contributed by atoms with Gasteiger partial charge >= 0.3 is 12.1 Å². The van der Waals surface area contributed by atoms with E-state index in [2.05, 4.69) is 27.8 Å². The topological polar surface area (TPSA) is 118 Å². The fourth-order valence-electron chi connectivity index (χ4n) is 3.91. The highest BCUT2D eigenvalue weighted by Crippen LogP contribution is 2.44. The summed E-state index contributed by atoms with van der Waals surface area (Å²) in [5.74, 6) is -1.57. The minimum Gasteiger partial charge on any atom is -0.476 e. The van der Waals surface area contributed by atoms with Crippen molar-refractivity contribution in [2.75, 3.05) is 6.61 Å². The third-order valence-corrected chi connectivity index (χ3v) is 6.39. The Hall–Kier alpha value is -3.72. The van der Waals surface area contributed by atoms with Gasteiger partial charge in [-0.15, -0.1) is 11.3 Å². The van der Waals surface area contributed by atoms with Crippen LogP contribution in [0.25, 0.3) is 11.1 Å². The maximum Gasteiger partial charge on any atom is 0.407 e. The first-order chi connectivity index (χ1) is 16.0. The lowest BCUT2D eigenvalue weighted by atomic mass is 9.98. The molecule has 1 aliphatic carbocycles. The number of thiazole rings is 1. The van der Waals surface area contributed by atoms with Gasteiger partial charge in [0.1, 0.15) is 17.7 Å². The molecule has 33 heavy (non-hydrogen) atoms. The Kier molecular flexibility index (Phi) is 6.69. The molecule has 1 atom stereocenters. The Morgan fingerprint density at radius 3 is 2.30 bits per heavy atom. The number of aromatic carboxylic acids is 1. The number of rotatable bonds is 8. The van der Waals surface area contributed by atoms with Gasteiger partial charge in [-0.2, -0.15) is 0 Å². The van der Waals surface area contributed by atoms with Crippen LogP contribution in [0.5, 0.6) is 0 Å². The van der Waals surface area contributed by atoms with Crippen LogP contribution in [-0.4, -0.2) is 40.7 Å². The number of fused-ring (bicyclic) bond motifs is 3. The molecule has 0 saturated heterocycles. The standard InChI is InChI=1S/C24H23N3O5S/c1-2-19(22(28)25-11-21-26-20(13-33-21)23(29)30)27-24(31)32-12-18-16-9-5-3-7-14(16)15-8-4-6-10-17(15)18/h3-10,13,18-19H,2,11-12H2,1H3,(H,25,28)(H,27,31)(H,29,30)/t19-/m1/s1. The van der Waals surface area contributed by atoms with E-state index in [1.54, 1.807) is 6.92 Å². The molecule has 0 fully saturated rings. The Morgan fingerprint density at radius 2 is 1.73 bits per heavy atom. The third-order valence-electron chi connectivity index (χ3n) is 5.55. The minimum atomic E-state index is -1.12. The van der Waals surface area contributed by atoms with Crippen LogP contribution in [0.15, 0.2) is 53.9 Å². The van der Waals surface area contributed by atoms with E-state index < -0.39 is 24.0 Å². The van der Waals surface area contributed by atoms with Crippen LogP contribution in [0.2, 0.25) is 0 Å². The van der Waals surface area contributed by atoms with Crippen LogP contribution < -0.4 is 10.6 Å². The molecule has 8 nitrogen and oxygen atoms in total. The van der Waals surface area contributed by atoms with Crippen molar-refractivity contribution < 1.29 is 24.2 Å². The molecule has 0 spiro atoms. The number of hydrogen-bond acceptors (Lipinski definition) is 6. The molecule has 0 aliphatic heterocycles. The van der Waals surface area contributed by atoms with Crippen molar-refractivity contribution in [2.24, 2.45) is 0 Å². The van der Waals surface area contributed by atoms with Crippen LogP contribution in [0, 0.1) is 0 Å². The molecule has 1 aliphatic rings. The van der Waals surface area contributed by atoms with Crippen LogP contribution in [0.3, 0.4) is 0 Å². The summed E-state index contributed by atoms with van der Waals surface area (Å²) in [6.45, 7) is 2.02. The second-order valence-electron chi connectivity index (χ2n) is 7.58. The van der Waals surface area contributed by atoms with E-state index in [0.29, 0.717) is 11.4 Å². The highest BCUT2D eigenvalue weighted by molar-refractivity contribution is 7.09. The van der Waals surface area contributed by atoms with E-state index >= 15 is 0 Å². The van der Waals surface area contributed by atoms with Crippen LogP contribution in [0.4, 0.5) is 4.79 Å². The molecular weight excluding hydrogens is 442 g/mol.